The third-order valence-electron chi connectivity index (χ3n) is 3.24. The van der Waals surface area contributed by atoms with E-state index in [1.54, 1.807) is 0 Å². The maximum Gasteiger partial charge on any atom is 0.0648 e. The van der Waals surface area contributed by atoms with Crippen LogP contribution < -0.4 is 0 Å². The number of rotatable bonds is 6. The summed E-state index contributed by atoms with van der Waals surface area (Å²) in [4.78, 5) is 0. The Morgan fingerprint density at radius 2 is 1.90 bits per heavy atom. The number of nitrogens with zero attached hydrogens (tertiary/aromatic N) is 2. The second kappa shape index (κ2) is 6.84. The summed E-state index contributed by atoms with van der Waals surface area (Å²) in [6.07, 6.45) is 2.14. The van der Waals surface area contributed by atoms with Gasteiger partial charge in [0.2, 0.25) is 0 Å². The molecule has 1 heterocycles. The summed E-state index contributed by atoms with van der Waals surface area (Å²) < 4.78 is 13.8. The summed E-state index contributed by atoms with van der Waals surface area (Å²) in [5.74, 6) is 1.45. The van der Waals surface area contributed by atoms with E-state index in [4.69, 9.17) is 0 Å². The number of hydrogen-bond donors (Lipinski definition) is 0. The zero-order valence-corrected chi connectivity index (χ0v) is 13.2. The smallest absolute Gasteiger partial charge is 0.0648 e. The summed E-state index contributed by atoms with van der Waals surface area (Å²) in [6.45, 7) is 6.17. The van der Waals surface area contributed by atoms with Crippen molar-refractivity contribution in [1.29, 1.82) is 0 Å². The van der Waals surface area contributed by atoms with Crippen LogP contribution in [-0.2, 0) is 16.6 Å². The molecule has 0 amide bonds. The summed E-state index contributed by atoms with van der Waals surface area (Å²) >= 11 is 0. The average Bonchev–Trinajstić information content (AvgIpc) is 2.76. The lowest BCUT2D eigenvalue weighted by Gasteiger charge is -2.06. The molecule has 1 aromatic carbocycles. The van der Waals surface area contributed by atoms with Crippen LogP contribution >= 0.6 is 0 Å². The SMILES string of the molecule is CCCC[S@](=O)Cc1ccc(-n2nc(C)cc2C)cc1. The van der Waals surface area contributed by atoms with Crippen LogP contribution in [0.25, 0.3) is 5.69 Å². The monoisotopic (exact) mass is 290 g/mol. The van der Waals surface area contributed by atoms with E-state index in [0.29, 0.717) is 5.75 Å². The van der Waals surface area contributed by atoms with E-state index in [1.807, 2.05) is 30.7 Å². The molecule has 1 aromatic heterocycles. The van der Waals surface area contributed by atoms with Crippen LogP contribution in [0, 0.1) is 13.8 Å². The first-order valence-corrected chi connectivity index (χ1v) is 8.56. The van der Waals surface area contributed by atoms with Crippen LogP contribution in [0.1, 0.15) is 36.7 Å². The number of aryl methyl sites for hydroxylation is 2. The quantitative estimate of drug-likeness (QED) is 0.815. The van der Waals surface area contributed by atoms with Gasteiger partial charge in [-0.15, -0.1) is 0 Å². The normalized spacial score (nSPS) is 12.6. The first-order valence-electron chi connectivity index (χ1n) is 7.07. The molecule has 0 bridgehead atoms. The highest BCUT2D eigenvalue weighted by Crippen LogP contribution is 2.14. The fourth-order valence-electron chi connectivity index (χ4n) is 2.19. The van der Waals surface area contributed by atoms with Gasteiger partial charge in [0.1, 0.15) is 0 Å². The summed E-state index contributed by atoms with van der Waals surface area (Å²) in [6, 6.07) is 10.3. The number of hydrogen-bond acceptors (Lipinski definition) is 2. The molecular formula is C16H22N2OS. The average molecular weight is 290 g/mol. The molecule has 20 heavy (non-hydrogen) atoms. The van der Waals surface area contributed by atoms with Crippen molar-refractivity contribution in [2.24, 2.45) is 0 Å². The van der Waals surface area contributed by atoms with Crippen molar-refractivity contribution < 1.29 is 4.21 Å². The molecular weight excluding hydrogens is 268 g/mol. The van der Waals surface area contributed by atoms with Crippen LogP contribution in [0.15, 0.2) is 30.3 Å². The minimum absolute atomic E-state index is 0.650. The van der Waals surface area contributed by atoms with Gasteiger partial charge in [-0.25, -0.2) is 4.68 Å². The molecule has 0 saturated carbocycles. The molecule has 0 aliphatic heterocycles. The van der Waals surface area contributed by atoms with E-state index in [-0.39, 0.29) is 0 Å². The van der Waals surface area contributed by atoms with Gasteiger partial charge in [0.25, 0.3) is 0 Å². The topological polar surface area (TPSA) is 34.9 Å². The molecule has 0 spiro atoms. The lowest BCUT2D eigenvalue weighted by Crippen LogP contribution is -2.02. The Labute approximate surface area is 123 Å². The van der Waals surface area contributed by atoms with E-state index in [2.05, 4.69) is 30.2 Å². The summed E-state index contributed by atoms with van der Waals surface area (Å²) in [7, 11) is -0.745. The minimum atomic E-state index is -0.745. The van der Waals surface area contributed by atoms with E-state index < -0.39 is 10.8 Å². The van der Waals surface area contributed by atoms with Crippen molar-refractivity contribution in [1.82, 2.24) is 9.78 Å². The zero-order valence-electron chi connectivity index (χ0n) is 12.4. The van der Waals surface area contributed by atoms with Crippen LogP contribution in [0.2, 0.25) is 0 Å². The van der Waals surface area contributed by atoms with E-state index in [1.165, 1.54) is 0 Å². The van der Waals surface area contributed by atoms with Crippen LogP contribution in [0.5, 0.6) is 0 Å². The molecule has 3 nitrogen and oxygen atoms in total. The second-order valence-corrected chi connectivity index (χ2v) is 6.72. The largest absolute Gasteiger partial charge is 0.259 e. The van der Waals surface area contributed by atoms with E-state index in [9.17, 15) is 4.21 Å². The molecule has 0 radical (unpaired) electrons. The Hall–Kier alpha value is -1.42. The van der Waals surface area contributed by atoms with Crippen molar-refractivity contribution in [3.8, 4) is 5.69 Å². The van der Waals surface area contributed by atoms with Gasteiger partial charge < -0.3 is 0 Å². The fourth-order valence-corrected chi connectivity index (χ4v) is 3.51. The Morgan fingerprint density at radius 3 is 2.45 bits per heavy atom. The summed E-state index contributed by atoms with van der Waals surface area (Å²) in [5.41, 5.74) is 4.33. The van der Waals surface area contributed by atoms with Crippen LogP contribution in [0.4, 0.5) is 0 Å². The van der Waals surface area contributed by atoms with Gasteiger partial charge in [0.15, 0.2) is 0 Å². The Bertz CT molecular complexity index is 587. The maximum atomic E-state index is 11.9. The van der Waals surface area contributed by atoms with Gasteiger partial charge in [0, 0.05) is 28.0 Å². The Balaban J connectivity index is 2.07. The maximum absolute atomic E-state index is 11.9. The van der Waals surface area contributed by atoms with Gasteiger partial charge in [-0.3, -0.25) is 4.21 Å². The Kier molecular flexibility index (Phi) is 5.12. The van der Waals surface area contributed by atoms with E-state index in [0.717, 1.165) is 41.2 Å². The molecule has 4 heteroatoms. The van der Waals surface area contributed by atoms with Crippen molar-refractivity contribution in [3.63, 3.8) is 0 Å². The minimum Gasteiger partial charge on any atom is -0.259 e. The molecule has 1 atom stereocenters. The van der Waals surface area contributed by atoms with Crippen molar-refractivity contribution >= 4 is 10.8 Å². The first kappa shape index (κ1) is 15.0. The number of aromatic nitrogens is 2. The molecule has 0 unspecified atom stereocenters. The number of benzene rings is 1. The highest BCUT2D eigenvalue weighted by Gasteiger charge is 2.05. The van der Waals surface area contributed by atoms with Crippen molar-refractivity contribution in [2.45, 2.75) is 39.4 Å². The standard InChI is InChI=1S/C16H22N2OS/c1-4-5-10-20(19)12-15-6-8-16(9-7-15)18-14(3)11-13(2)17-18/h6-9,11H,4-5,10,12H2,1-3H3/t20-/m0/s1. The Morgan fingerprint density at radius 1 is 1.20 bits per heavy atom. The molecule has 2 rings (SSSR count). The number of unbranched alkanes of at least 4 members (excludes halogenated alkanes) is 1. The van der Waals surface area contributed by atoms with Crippen molar-refractivity contribution in [2.75, 3.05) is 5.75 Å². The lowest BCUT2D eigenvalue weighted by atomic mass is 10.2. The molecule has 0 fully saturated rings. The summed E-state index contributed by atoms with van der Waals surface area (Å²) in [5, 5.41) is 4.47. The molecule has 0 aliphatic carbocycles. The van der Waals surface area contributed by atoms with E-state index >= 15 is 0 Å². The van der Waals surface area contributed by atoms with Crippen LogP contribution in [0.3, 0.4) is 0 Å². The molecule has 108 valence electrons. The fraction of sp³-hybridized carbons (Fsp3) is 0.438. The molecule has 0 saturated heterocycles. The lowest BCUT2D eigenvalue weighted by molar-refractivity contribution is 0.679. The molecule has 0 N–H and O–H groups in total. The predicted octanol–water partition coefficient (Wildman–Crippen LogP) is 3.54. The highest BCUT2D eigenvalue weighted by molar-refractivity contribution is 7.84. The highest BCUT2D eigenvalue weighted by atomic mass is 32.2. The third-order valence-corrected chi connectivity index (χ3v) is 4.64. The van der Waals surface area contributed by atoms with Crippen molar-refractivity contribution in [3.05, 3.63) is 47.3 Å². The second-order valence-electron chi connectivity index (χ2n) is 5.15. The van der Waals surface area contributed by atoms with Gasteiger partial charge in [-0.1, -0.05) is 25.5 Å². The predicted molar refractivity (Wildman–Crippen MR) is 84.7 cm³/mol. The third kappa shape index (κ3) is 3.79. The van der Waals surface area contributed by atoms with Gasteiger partial charge in [0.05, 0.1) is 11.4 Å². The first-order chi connectivity index (χ1) is 9.60. The van der Waals surface area contributed by atoms with Gasteiger partial charge in [-0.05, 0) is 44.0 Å². The van der Waals surface area contributed by atoms with Gasteiger partial charge in [-0.2, -0.15) is 5.10 Å². The molecule has 0 aliphatic rings. The van der Waals surface area contributed by atoms with Gasteiger partial charge >= 0.3 is 0 Å². The zero-order chi connectivity index (χ0) is 14.5. The molecule has 2 aromatic rings. The van der Waals surface area contributed by atoms with Crippen LogP contribution in [-0.4, -0.2) is 19.7 Å².